The van der Waals surface area contributed by atoms with Gasteiger partial charge >= 0.3 is 5.97 Å². The minimum atomic E-state index is -3.28. The molecule has 2 aliphatic rings. The van der Waals surface area contributed by atoms with E-state index < -0.39 is 80.7 Å². The van der Waals surface area contributed by atoms with Crippen molar-refractivity contribution < 1.29 is 56.6 Å². The maximum atomic E-state index is 15.0. The van der Waals surface area contributed by atoms with Gasteiger partial charge in [0.05, 0.1) is 58.4 Å². The normalized spacial score (nSPS) is 21.9. The number of hydrogen-bond acceptors (Lipinski definition) is 12. The lowest BCUT2D eigenvalue weighted by Gasteiger charge is -2.50. The fraction of sp³-hybridized carbons (Fsp3) is 0.286. The van der Waals surface area contributed by atoms with Crippen molar-refractivity contribution in [2.45, 2.75) is 127 Å². The number of ether oxygens (including phenoxy) is 10. The lowest BCUT2D eigenvalue weighted by molar-refractivity contribution is -0.379. The van der Waals surface area contributed by atoms with Crippen molar-refractivity contribution in [1.82, 2.24) is 0 Å². The van der Waals surface area contributed by atoms with Crippen molar-refractivity contribution in [3.8, 4) is 0 Å². The summed E-state index contributed by atoms with van der Waals surface area (Å²) in [7, 11) is -3.28. The third-order valence-corrected chi connectivity index (χ3v) is 21.4. The van der Waals surface area contributed by atoms with Crippen LogP contribution in [0, 0.1) is 0 Å². The first-order valence-electron chi connectivity index (χ1n) is 31.1. The summed E-state index contributed by atoms with van der Waals surface area (Å²) in [6.45, 7) is 7.92. The average molecular weight is 1230 g/mol. The first kappa shape index (κ1) is 63.8. The lowest BCUT2D eigenvalue weighted by Crippen LogP contribution is -2.69. The third kappa shape index (κ3) is 16.6. The zero-order valence-corrected chi connectivity index (χ0v) is 52.3. The van der Waals surface area contributed by atoms with Crippen LogP contribution in [0.3, 0.4) is 0 Å². The molecule has 2 saturated heterocycles. The number of carbonyl (C=O) groups is 1. The summed E-state index contributed by atoms with van der Waals surface area (Å²) in [4.78, 5) is 15.0. The van der Waals surface area contributed by atoms with Gasteiger partial charge in [0.2, 0.25) is 0 Å². The van der Waals surface area contributed by atoms with Crippen LogP contribution in [0.15, 0.2) is 273 Å². The molecule has 0 aliphatic carbocycles. The summed E-state index contributed by atoms with van der Waals surface area (Å²) < 4.78 is 79.7. The van der Waals surface area contributed by atoms with E-state index >= 15 is 4.79 Å². The van der Waals surface area contributed by atoms with Crippen LogP contribution in [0.2, 0.25) is 5.04 Å². The molecule has 9 aromatic carbocycles. The molecule has 464 valence electrons. The standard InChI is InChI=1S/C77H80O12Si/c1-77(2,3)90(64-45-27-11-28-46-64,65-47-29-12-30-48-65)85-56-67-69(81-51-59-35-17-6-18-36-59)71(83-53-61-39-21-8-22-40-61)73(88-74(78)63-43-25-10-26-44-63)76(87-67)89-72-70(82-52-60-37-19-7-20-38-60)68(80-50-58-33-15-5-16-34-58)66(55-79-49-57-31-13-4-14-32-57)86-75(72)84-54-62-41-23-9-24-42-62/h4-48,66-73,75-76H,49-56H2,1-3H3/t66-,67-,68-,69-,70+,71+,72+,73-,75+,76+/m1/s1. The van der Waals surface area contributed by atoms with Gasteiger partial charge in [0.15, 0.2) is 18.7 Å². The molecule has 90 heavy (non-hydrogen) atoms. The Hall–Kier alpha value is -7.73. The van der Waals surface area contributed by atoms with Crippen molar-refractivity contribution in [2.75, 3.05) is 13.2 Å². The van der Waals surface area contributed by atoms with Crippen LogP contribution >= 0.6 is 0 Å². The van der Waals surface area contributed by atoms with Crippen LogP contribution in [-0.2, 0) is 91.4 Å². The van der Waals surface area contributed by atoms with Gasteiger partial charge < -0.3 is 51.8 Å². The minimum absolute atomic E-state index is 0.00379. The Morgan fingerprint density at radius 3 is 1.08 bits per heavy atom. The van der Waals surface area contributed by atoms with Gasteiger partial charge in [-0.25, -0.2) is 4.79 Å². The fourth-order valence-corrected chi connectivity index (χ4v) is 16.5. The minimum Gasteiger partial charge on any atom is -0.450 e. The van der Waals surface area contributed by atoms with E-state index in [0.717, 1.165) is 43.8 Å². The Morgan fingerprint density at radius 1 is 0.356 bits per heavy atom. The van der Waals surface area contributed by atoms with Crippen LogP contribution in [-0.4, -0.2) is 88.9 Å². The summed E-state index contributed by atoms with van der Waals surface area (Å²) in [5, 5.41) is 1.75. The molecule has 0 amide bonds. The van der Waals surface area contributed by atoms with E-state index in [9.17, 15) is 0 Å². The van der Waals surface area contributed by atoms with Gasteiger partial charge in [-0.15, -0.1) is 0 Å². The van der Waals surface area contributed by atoms with E-state index in [1.807, 2.05) is 200 Å². The predicted octanol–water partition coefficient (Wildman–Crippen LogP) is 13.4. The summed E-state index contributed by atoms with van der Waals surface area (Å²) in [5.74, 6) is -0.622. The molecule has 0 aromatic heterocycles. The maximum Gasteiger partial charge on any atom is 0.338 e. The Morgan fingerprint density at radius 2 is 0.678 bits per heavy atom. The molecule has 10 atom stereocenters. The van der Waals surface area contributed by atoms with E-state index in [0.29, 0.717) is 12.2 Å². The third-order valence-electron chi connectivity index (χ3n) is 16.4. The summed E-state index contributed by atoms with van der Waals surface area (Å²) in [6.07, 6.45) is -10.6. The highest BCUT2D eigenvalue weighted by atomic mass is 28.4. The monoisotopic (exact) mass is 1220 g/mol. The second-order valence-corrected chi connectivity index (χ2v) is 28.0. The van der Waals surface area contributed by atoms with E-state index in [1.165, 1.54) is 0 Å². The Balaban J connectivity index is 1.06. The van der Waals surface area contributed by atoms with Crippen LogP contribution in [0.1, 0.15) is 64.5 Å². The Bertz CT molecular complexity index is 3460. The Labute approximate surface area is 530 Å². The molecule has 2 aliphatic heterocycles. The highest BCUT2D eigenvalue weighted by Crippen LogP contribution is 2.40. The molecule has 0 spiro atoms. The van der Waals surface area contributed by atoms with Gasteiger partial charge in [0, 0.05) is 0 Å². The van der Waals surface area contributed by atoms with Crippen molar-refractivity contribution >= 4 is 24.7 Å². The van der Waals surface area contributed by atoms with E-state index in [2.05, 4.69) is 69.3 Å². The SMILES string of the molecule is CC(C)(C)[Si](OC[C@H]1O[C@@H](O[C@@H]2[C@@H](OCc3ccccc3)O[C@H](COCc3ccccc3)[C@@H](OCc3ccccc3)[C@@H]2OCc2ccccc2)[C@H](OC(=O)c2ccccc2)[C@@H](OCc2ccccc2)[C@@H]1OCc1ccccc1)(c1ccccc1)c1ccccc1. The van der Waals surface area contributed by atoms with E-state index in [1.54, 1.807) is 24.3 Å². The molecule has 0 N–H and O–H groups in total. The average Bonchev–Trinajstić information content (AvgIpc) is 0.797. The first-order valence-corrected chi connectivity index (χ1v) is 33.0. The summed E-state index contributed by atoms with van der Waals surface area (Å²) in [6, 6.07) is 89.6. The highest BCUT2D eigenvalue weighted by Gasteiger charge is 2.57. The molecule has 0 bridgehead atoms. The molecule has 11 rings (SSSR count). The molecule has 13 heteroatoms. The first-order chi connectivity index (χ1) is 44.2. The zero-order valence-electron chi connectivity index (χ0n) is 51.3. The van der Waals surface area contributed by atoms with Crippen LogP contribution in [0.5, 0.6) is 0 Å². The van der Waals surface area contributed by atoms with Crippen molar-refractivity contribution in [3.63, 3.8) is 0 Å². The molecular weight excluding hydrogens is 1140 g/mol. The lowest BCUT2D eigenvalue weighted by atomic mass is 9.96. The molecule has 0 unspecified atom stereocenters. The fourth-order valence-electron chi connectivity index (χ4n) is 11.9. The number of carbonyl (C=O) groups excluding carboxylic acids is 1. The van der Waals surface area contributed by atoms with Gasteiger partial charge in [0.25, 0.3) is 8.32 Å². The van der Waals surface area contributed by atoms with E-state index in [-0.39, 0.29) is 46.2 Å². The van der Waals surface area contributed by atoms with Crippen LogP contribution in [0.25, 0.3) is 0 Å². The quantitative estimate of drug-likeness (QED) is 0.0343. The van der Waals surface area contributed by atoms with Gasteiger partial charge in [-0.2, -0.15) is 0 Å². The topological polar surface area (TPSA) is 119 Å². The Kier molecular flexibility index (Phi) is 22.6. The number of rotatable bonds is 28. The highest BCUT2D eigenvalue weighted by molar-refractivity contribution is 6.99. The zero-order chi connectivity index (χ0) is 61.8. The van der Waals surface area contributed by atoms with Gasteiger partial charge in [-0.3, -0.25) is 0 Å². The van der Waals surface area contributed by atoms with Gasteiger partial charge in [-0.1, -0.05) is 282 Å². The number of benzene rings is 9. The van der Waals surface area contributed by atoms with Gasteiger partial charge in [0.1, 0.15) is 42.7 Å². The largest absolute Gasteiger partial charge is 0.450 e. The smallest absolute Gasteiger partial charge is 0.338 e. The van der Waals surface area contributed by atoms with Crippen molar-refractivity contribution in [3.05, 3.63) is 312 Å². The molecule has 2 heterocycles. The van der Waals surface area contributed by atoms with Crippen molar-refractivity contribution in [1.29, 1.82) is 0 Å². The molecule has 0 radical (unpaired) electrons. The molecule has 9 aromatic rings. The molecule has 2 fully saturated rings. The van der Waals surface area contributed by atoms with Crippen LogP contribution < -0.4 is 10.4 Å². The van der Waals surface area contributed by atoms with Crippen molar-refractivity contribution in [2.24, 2.45) is 0 Å². The molecule has 12 nitrogen and oxygen atoms in total. The second kappa shape index (κ2) is 31.8. The summed E-state index contributed by atoms with van der Waals surface area (Å²) >= 11 is 0. The maximum absolute atomic E-state index is 15.0. The summed E-state index contributed by atoms with van der Waals surface area (Å²) in [5.41, 5.74) is 5.88. The predicted molar refractivity (Wildman–Crippen MR) is 349 cm³/mol. The second-order valence-electron chi connectivity index (χ2n) is 23.7. The number of esters is 1. The molecule has 0 saturated carbocycles. The van der Waals surface area contributed by atoms with Gasteiger partial charge in [-0.05, 0) is 60.9 Å². The van der Waals surface area contributed by atoms with Crippen LogP contribution in [0.4, 0.5) is 0 Å². The van der Waals surface area contributed by atoms with E-state index in [4.69, 9.17) is 51.8 Å². The molecular formula is C77H80O12Si. The number of hydrogen-bond donors (Lipinski definition) is 0.